The molecule has 0 radical (unpaired) electrons. The molecule has 0 fully saturated rings. The van der Waals surface area contributed by atoms with Crippen molar-refractivity contribution in [1.29, 1.82) is 0 Å². The summed E-state index contributed by atoms with van der Waals surface area (Å²) in [5, 5.41) is 18.4. The maximum Gasteiger partial charge on any atom is 0.273 e. The van der Waals surface area contributed by atoms with Gasteiger partial charge in [0.2, 0.25) is 0 Å². The fraction of sp³-hybridized carbons (Fsp3) is 0.240. The number of carbonyl (C=O) groups is 2. The first-order valence-electron chi connectivity index (χ1n) is 10.8. The van der Waals surface area contributed by atoms with Crippen LogP contribution in [0.25, 0.3) is 11.3 Å². The molecule has 0 aliphatic rings. The van der Waals surface area contributed by atoms with Crippen LogP contribution in [-0.2, 0) is 4.79 Å². The molecular formula is C25H25ClN4O5. The lowest BCUT2D eigenvalue weighted by Gasteiger charge is -2.20. The Bertz CT molecular complexity index is 1280. The normalized spacial score (nSPS) is 12.1. The highest BCUT2D eigenvalue weighted by Crippen LogP contribution is 2.30. The molecule has 2 aromatic carbocycles. The predicted molar refractivity (Wildman–Crippen MR) is 134 cm³/mol. The minimum atomic E-state index is -0.821. The molecule has 182 valence electrons. The molecule has 0 saturated carbocycles. The topological polar surface area (TPSA) is 127 Å². The zero-order valence-electron chi connectivity index (χ0n) is 19.7. The second-order valence-corrected chi connectivity index (χ2v) is 8.77. The molecule has 1 atom stereocenters. The molecule has 10 heteroatoms. The first-order chi connectivity index (χ1) is 16.6. The van der Waals surface area contributed by atoms with E-state index in [1.165, 1.54) is 12.3 Å². The van der Waals surface area contributed by atoms with E-state index in [4.69, 9.17) is 16.0 Å². The second kappa shape index (κ2) is 11.0. The number of carbonyl (C=O) groups excluding carboxylic acids is 2. The van der Waals surface area contributed by atoms with Crippen molar-refractivity contribution in [2.45, 2.75) is 33.7 Å². The number of nitro groups is 1. The zero-order chi connectivity index (χ0) is 25.7. The molecule has 9 nitrogen and oxygen atoms in total. The van der Waals surface area contributed by atoms with Gasteiger partial charge in [0.25, 0.3) is 17.5 Å². The second-order valence-electron chi connectivity index (χ2n) is 8.33. The number of aryl methyl sites for hydroxylation is 1. The van der Waals surface area contributed by atoms with E-state index in [1.54, 1.807) is 70.2 Å². The van der Waals surface area contributed by atoms with Crippen LogP contribution in [0, 0.1) is 29.9 Å². The Morgan fingerprint density at radius 3 is 2.43 bits per heavy atom. The smallest absolute Gasteiger partial charge is 0.273 e. The Balaban J connectivity index is 1.67. The Labute approximate surface area is 207 Å². The number of nitro benzene ring substituents is 1. The largest absolute Gasteiger partial charge is 0.455 e. The number of halogens is 1. The lowest BCUT2D eigenvalue weighted by atomic mass is 10.0. The van der Waals surface area contributed by atoms with Crippen molar-refractivity contribution in [3.05, 3.63) is 86.1 Å². The molecular weight excluding hydrogens is 472 g/mol. The summed E-state index contributed by atoms with van der Waals surface area (Å²) in [5.74, 6) is -0.322. The van der Waals surface area contributed by atoms with Crippen molar-refractivity contribution in [1.82, 2.24) is 10.7 Å². The first-order valence-corrected chi connectivity index (χ1v) is 11.2. The molecule has 0 saturated heterocycles. The molecule has 3 rings (SSSR count). The lowest BCUT2D eigenvalue weighted by Crippen LogP contribution is -2.48. The number of hydrazone groups is 1. The molecule has 0 spiro atoms. The van der Waals surface area contributed by atoms with Gasteiger partial charge in [-0.15, -0.1) is 0 Å². The Kier molecular flexibility index (Phi) is 8.03. The first kappa shape index (κ1) is 25.6. The van der Waals surface area contributed by atoms with E-state index in [1.807, 2.05) is 0 Å². The van der Waals surface area contributed by atoms with Crippen LogP contribution < -0.4 is 10.7 Å². The molecule has 3 aromatic rings. The van der Waals surface area contributed by atoms with E-state index in [2.05, 4.69) is 15.8 Å². The van der Waals surface area contributed by atoms with Gasteiger partial charge in [0.05, 0.1) is 11.1 Å². The summed E-state index contributed by atoms with van der Waals surface area (Å²) >= 11 is 5.85. The summed E-state index contributed by atoms with van der Waals surface area (Å²) in [6.07, 6.45) is 1.31. The number of nitrogens with zero attached hydrogens (tertiary/aromatic N) is 2. The van der Waals surface area contributed by atoms with Crippen molar-refractivity contribution >= 4 is 35.3 Å². The number of benzene rings is 2. The number of furan rings is 1. The molecule has 1 heterocycles. The third-order valence-corrected chi connectivity index (χ3v) is 5.71. The number of nitrogens with one attached hydrogen (secondary N) is 2. The van der Waals surface area contributed by atoms with Crippen LogP contribution in [0.15, 0.2) is 58.0 Å². The van der Waals surface area contributed by atoms with Gasteiger partial charge in [0.1, 0.15) is 17.6 Å². The highest BCUT2D eigenvalue weighted by Gasteiger charge is 2.24. The van der Waals surface area contributed by atoms with Crippen LogP contribution in [0.1, 0.15) is 41.1 Å². The Morgan fingerprint density at radius 1 is 1.11 bits per heavy atom. The standard InChI is InChI=1S/C25H25ClN4O5/c1-14(2)23(28-24(31)17-5-7-19(26)8-6-17)25(32)29-27-13-20-9-10-22(35-20)18-11-15(3)16(4)21(12-18)30(33)34/h5-14,23H,1-4H3,(H,28,31)(H,29,32). The minimum Gasteiger partial charge on any atom is -0.455 e. The Hall–Kier alpha value is -3.98. The molecule has 2 N–H and O–H groups in total. The summed E-state index contributed by atoms with van der Waals surface area (Å²) in [4.78, 5) is 36.0. The minimum absolute atomic E-state index is 0.0132. The van der Waals surface area contributed by atoms with Crippen molar-refractivity contribution in [3.8, 4) is 11.3 Å². The maximum atomic E-state index is 12.6. The fourth-order valence-corrected chi connectivity index (χ4v) is 3.47. The summed E-state index contributed by atoms with van der Waals surface area (Å²) in [5.41, 5.74) is 4.74. The number of amides is 2. The van der Waals surface area contributed by atoms with Gasteiger partial charge in [0.15, 0.2) is 0 Å². The van der Waals surface area contributed by atoms with Gasteiger partial charge in [-0.25, -0.2) is 5.43 Å². The molecule has 1 unspecified atom stereocenters. The number of hydrogen-bond acceptors (Lipinski definition) is 6. The van der Waals surface area contributed by atoms with Crippen molar-refractivity contribution in [2.75, 3.05) is 0 Å². The van der Waals surface area contributed by atoms with Gasteiger partial charge >= 0.3 is 0 Å². The van der Waals surface area contributed by atoms with Crippen LogP contribution in [0.3, 0.4) is 0 Å². The Morgan fingerprint density at radius 2 is 1.80 bits per heavy atom. The highest BCUT2D eigenvalue weighted by molar-refractivity contribution is 6.30. The van der Waals surface area contributed by atoms with Crippen molar-refractivity contribution < 1.29 is 18.9 Å². The van der Waals surface area contributed by atoms with Gasteiger partial charge in [-0.3, -0.25) is 19.7 Å². The van der Waals surface area contributed by atoms with E-state index >= 15 is 0 Å². The summed E-state index contributed by atoms with van der Waals surface area (Å²) in [7, 11) is 0. The van der Waals surface area contributed by atoms with E-state index < -0.39 is 22.8 Å². The third-order valence-electron chi connectivity index (χ3n) is 5.46. The summed E-state index contributed by atoms with van der Waals surface area (Å²) < 4.78 is 5.72. The van der Waals surface area contributed by atoms with Crippen molar-refractivity contribution in [2.24, 2.45) is 11.0 Å². The van der Waals surface area contributed by atoms with Crippen LogP contribution >= 0.6 is 11.6 Å². The molecule has 1 aromatic heterocycles. The van der Waals surface area contributed by atoms with Crippen molar-refractivity contribution in [3.63, 3.8) is 0 Å². The molecule has 2 amide bonds. The number of hydrogen-bond donors (Lipinski definition) is 2. The van der Waals surface area contributed by atoms with Gasteiger partial charge in [0, 0.05) is 27.8 Å². The van der Waals surface area contributed by atoms with Gasteiger partial charge in [-0.2, -0.15) is 5.10 Å². The molecule has 0 aliphatic carbocycles. The SMILES string of the molecule is Cc1cc(-c2ccc(C=NNC(=O)C(NC(=O)c3ccc(Cl)cc3)C(C)C)o2)cc([N+](=O)[O-])c1C. The molecule has 35 heavy (non-hydrogen) atoms. The van der Waals surface area contributed by atoms with E-state index in [9.17, 15) is 19.7 Å². The zero-order valence-corrected chi connectivity index (χ0v) is 20.4. The average Bonchev–Trinajstić information content (AvgIpc) is 3.27. The van der Waals surface area contributed by atoms with Crippen LogP contribution in [0.4, 0.5) is 5.69 Å². The third kappa shape index (κ3) is 6.33. The van der Waals surface area contributed by atoms with Gasteiger partial charge < -0.3 is 9.73 Å². The monoisotopic (exact) mass is 496 g/mol. The van der Waals surface area contributed by atoms with Crippen LogP contribution in [-0.4, -0.2) is 29.0 Å². The van der Waals surface area contributed by atoms with E-state index in [0.717, 1.165) is 5.56 Å². The lowest BCUT2D eigenvalue weighted by molar-refractivity contribution is -0.385. The summed E-state index contributed by atoms with van der Waals surface area (Å²) in [6, 6.07) is 12.1. The van der Waals surface area contributed by atoms with Gasteiger partial charge in [-0.1, -0.05) is 25.4 Å². The highest BCUT2D eigenvalue weighted by atomic mass is 35.5. The van der Waals surface area contributed by atoms with E-state index in [-0.39, 0.29) is 11.6 Å². The van der Waals surface area contributed by atoms with Crippen LogP contribution in [0.5, 0.6) is 0 Å². The predicted octanol–water partition coefficient (Wildman–Crippen LogP) is 5.03. The van der Waals surface area contributed by atoms with Crippen LogP contribution in [0.2, 0.25) is 5.02 Å². The maximum absolute atomic E-state index is 12.6. The average molecular weight is 497 g/mol. The van der Waals surface area contributed by atoms with E-state index in [0.29, 0.717) is 33.2 Å². The fourth-order valence-electron chi connectivity index (χ4n) is 3.34. The summed E-state index contributed by atoms with van der Waals surface area (Å²) in [6.45, 7) is 7.10. The quantitative estimate of drug-likeness (QED) is 0.257. The molecule has 0 bridgehead atoms. The number of rotatable bonds is 8. The van der Waals surface area contributed by atoms with Gasteiger partial charge in [-0.05, 0) is 67.8 Å². The molecule has 0 aliphatic heterocycles.